The lowest BCUT2D eigenvalue weighted by Crippen LogP contribution is -2.21. The second kappa shape index (κ2) is 49.7. The van der Waals surface area contributed by atoms with Crippen LogP contribution in [-0.4, -0.2) is 35.2 Å². The van der Waals surface area contributed by atoms with Crippen molar-refractivity contribution in [1.82, 2.24) is 0 Å². The molecule has 0 atom stereocenters. The molecule has 0 N–H and O–H groups in total. The summed E-state index contributed by atoms with van der Waals surface area (Å²) in [5, 5.41) is 10.4. The lowest BCUT2D eigenvalue weighted by atomic mass is 9.80. The van der Waals surface area contributed by atoms with E-state index in [1.54, 1.807) is 0 Å². The van der Waals surface area contributed by atoms with E-state index in [0.29, 0.717) is 0 Å². The summed E-state index contributed by atoms with van der Waals surface area (Å²) < 4.78 is 0. The van der Waals surface area contributed by atoms with Crippen LogP contribution in [0, 0.1) is 0 Å². The van der Waals surface area contributed by atoms with Crippen molar-refractivity contribution in [3.05, 3.63) is 417 Å². The van der Waals surface area contributed by atoms with Crippen molar-refractivity contribution >= 4 is 161 Å². The number of rotatable bonds is 0. The van der Waals surface area contributed by atoms with Gasteiger partial charge in [-0.15, -0.1) is 0 Å². The predicted molar refractivity (Wildman–Crippen MR) is 646 cm³/mol. The Bertz CT molecular complexity index is 7360. The van der Waals surface area contributed by atoms with Gasteiger partial charge in [0.2, 0.25) is 0 Å². The van der Waals surface area contributed by atoms with Crippen molar-refractivity contribution in [3.8, 4) is 33.4 Å². The SMILES string of the molecule is CC.CC.CC.CC.CC.CC.CC.CC.CC.CC.CN1c2ccccc2C=Cc2c1c1ccccc1c1ccccc21.CN1c2ccccc2C=Cc2c1ccc1c2-c2ccccc2C1(C)C.CN1c2ccccc2C=Cc2cc3c(cc21)-c1ccccc1C3(C)C.CN1c2ccccc2C=Cc2cc3cc4ccccc4cc3cc21.CN1c2ccccc2C=Cc2ccc3c(c21)C(C)(C)c1ccccc1-3. The molecule has 0 saturated heterocycles. The van der Waals surface area contributed by atoms with Gasteiger partial charge in [-0.1, -0.05) is 496 Å². The number of hydrogen-bond acceptors (Lipinski definition) is 5. The molecule has 0 aromatic heterocycles. The minimum atomic E-state index is -0.00134. The van der Waals surface area contributed by atoms with Crippen LogP contribution in [0.5, 0.6) is 0 Å². The first-order valence-corrected chi connectivity index (χ1v) is 53.2. The van der Waals surface area contributed by atoms with Gasteiger partial charge in [0.1, 0.15) is 0 Å². The van der Waals surface area contributed by atoms with Crippen molar-refractivity contribution in [2.24, 2.45) is 0 Å². The second-order valence-corrected chi connectivity index (χ2v) is 35.4. The molecular formula is C138H157N5. The normalized spacial score (nSPS) is 13.1. The molecule has 734 valence electrons. The molecule has 3 aliphatic carbocycles. The lowest BCUT2D eigenvalue weighted by Gasteiger charge is -2.30. The maximum Gasteiger partial charge on any atom is 0.0568 e. The van der Waals surface area contributed by atoms with Crippen LogP contribution >= 0.6 is 0 Å². The Labute approximate surface area is 860 Å². The molecule has 0 unspecified atom stereocenters. The molecule has 5 aliphatic heterocycles. The zero-order valence-corrected chi connectivity index (χ0v) is 91.7. The van der Waals surface area contributed by atoms with Crippen molar-refractivity contribution in [1.29, 1.82) is 0 Å². The maximum absolute atomic E-state index is 2.39. The Kier molecular flexibility index (Phi) is 37.9. The van der Waals surface area contributed by atoms with E-state index in [9.17, 15) is 0 Å². The first-order chi connectivity index (χ1) is 69.9. The topological polar surface area (TPSA) is 16.2 Å². The Morgan fingerprint density at radius 2 is 0.490 bits per heavy atom. The van der Waals surface area contributed by atoms with E-state index in [1.165, 1.54) is 222 Å². The molecule has 17 aromatic carbocycles. The number of nitrogens with zero attached hydrogens (tertiary/aromatic N) is 5. The Hall–Kier alpha value is -14.5. The van der Waals surface area contributed by atoms with Crippen LogP contribution in [0.25, 0.3) is 137 Å². The summed E-state index contributed by atoms with van der Waals surface area (Å²) in [5.41, 5.74) is 42.4. The molecule has 17 aromatic rings. The highest BCUT2D eigenvalue weighted by molar-refractivity contribution is 6.20. The van der Waals surface area contributed by atoms with Gasteiger partial charge in [-0.2, -0.15) is 0 Å². The third-order valence-corrected chi connectivity index (χ3v) is 27.4. The van der Waals surface area contributed by atoms with Gasteiger partial charge in [0, 0.05) is 113 Å². The zero-order chi connectivity index (χ0) is 104. The van der Waals surface area contributed by atoms with Crippen LogP contribution in [0.2, 0.25) is 0 Å². The van der Waals surface area contributed by atoms with E-state index in [-0.39, 0.29) is 16.2 Å². The summed E-state index contributed by atoms with van der Waals surface area (Å²) in [5.74, 6) is 0. The molecule has 143 heavy (non-hydrogen) atoms. The van der Waals surface area contributed by atoms with Gasteiger partial charge in [0.15, 0.2) is 0 Å². The van der Waals surface area contributed by atoms with Gasteiger partial charge in [-0.05, 0) is 222 Å². The molecule has 5 heterocycles. The van der Waals surface area contributed by atoms with Crippen molar-refractivity contribution in [2.75, 3.05) is 59.7 Å². The highest BCUT2D eigenvalue weighted by atomic mass is 15.1. The van der Waals surface area contributed by atoms with Gasteiger partial charge < -0.3 is 24.5 Å². The molecule has 0 saturated carbocycles. The number of fused-ring (bicyclic) bond motifs is 28. The van der Waals surface area contributed by atoms with Gasteiger partial charge in [0.05, 0.1) is 11.4 Å². The third kappa shape index (κ3) is 21.0. The molecule has 8 aliphatic rings. The van der Waals surface area contributed by atoms with E-state index >= 15 is 0 Å². The molecule has 0 amide bonds. The summed E-state index contributed by atoms with van der Waals surface area (Å²) in [7, 11) is 10.9. The van der Waals surface area contributed by atoms with E-state index in [1.807, 2.05) is 138 Å². The minimum Gasteiger partial charge on any atom is -0.344 e. The first-order valence-electron chi connectivity index (χ1n) is 53.2. The van der Waals surface area contributed by atoms with Crippen LogP contribution in [0.4, 0.5) is 56.9 Å². The molecule has 5 heteroatoms. The maximum atomic E-state index is 2.39. The van der Waals surface area contributed by atoms with Crippen LogP contribution in [0.3, 0.4) is 0 Å². The number of hydrogen-bond donors (Lipinski definition) is 0. The fourth-order valence-electron chi connectivity index (χ4n) is 21.1. The van der Waals surface area contributed by atoms with E-state index in [4.69, 9.17) is 0 Å². The molecule has 0 spiro atoms. The molecular weight excluding hydrogens is 1730 g/mol. The van der Waals surface area contributed by atoms with Gasteiger partial charge >= 0.3 is 0 Å². The van der Waals surface area contributed by atoms with E-state index < -0.39 is 0 Å². The smallest absolute Gasteiger partial charge is 0.0568 e. The highest BCUT2D eigenvalue weighted by Gasteiger charge is 2.42. The highest BCUT2D eigenvalue weighted by Crippen LogP contribution is 2.58. The summed E-state index contributed by atoms with van der Waals surface area (Å²) in [6.45, 7) is 54.1. The quantitative estimate of drug-likeness (QED) is 0.111. The minimum absolute atomic E-state index is 0.00134. The largest absolute Gasteiger partial charge is 0.344 e. The monoisotopic (exact) mass is 1880 g/mol. The number of benzene rings is 17. The average molecular weight is 1890 g/mol. The second-order valence-electron chi connectivity index (χ2n) is 35.4. The Balaban J connectivity index is 0.000000163. The Morgan fingerprint density at radius 1 is 0.168 bits per heavy atom. The summed E-state index contributed by atoms with van der Waals surface area (Å²) in [6, 6.07) is 119. The fourth-order valence-corrected chi connectivity index (χ4v) is 21.1. The van der Waals surface area contributed by atoms with Crippen molar-refractivity contribution < 1.29 is 0 Å². The van der Waals surface area contributed by atoms with E-state index in [0.717, 1.165) is 0 Å². The van der Waals surface area contributed by atoms with E-state index in [2.05, 4.69) is 490 Å². The Morgan fingerprint density at radius 3 is 0.972 bits per heavy atom. The average Bonchev–Trinajstić information content (AvgIpc) is 1.55. The van der Waals surface area contributed by atoms with Crippen LogP contribution < -0.4 is 24.5 Å². The molecule has 0 fully saturated rings. The fraction of sp³-hybridized carbons (Fsp3) is 0.246. The molecule has 25 rings (SSSR count). The van der Waals surface area contributed by atoms with Crippen LogP contribution in [-0.2, 0) is 16.2 Å². The molecule has 5 nitrogen and oxygen atoms in total. The summed E-state index contributed by atoms with van der Waals surface area (Å²) in [4.78, 5) is 11.6. The number of para-hydroxylation sites is 5. The van der Waals surface area contributed by atoms with Crippen LogP contribution in [0.15, 0.2) is 328 Å². The first kappa shape index (κ1) is 109. The standard InChI is InChI=1S/3C24H21N.2C23H17N.10C2H6/c1-24(2)20-10-6-5-9-18(20)19-15-23-17(14-21(19)24)13-12-16-8-4-7-11-22(16)25(23)3;1-24(2)20-10-6-5-9-18(20)19-15-14-17-13-12-16-8-4-7-11-21(16)25(3)23(17)22(19)24;1-24(2)19-10-6-5-9-17(19)23-18-13-12-16-8-4-7-11-21(16)25(3)22(18)15-14-20(23)24;1-24-22-13-7-2-8-16(22)14-15-21-19-11-4-3-9-17(19)18-10-5-6-12-20(18)23(21)24;1-24-22-9-5-4-6-16(22)10-11-19-14-20-12-17-7-2-3-8-18(17)13-21(20)15-23(19)24;10*1-2/h3*4-15H,1-3H3;2*2-15H,1H3;10*1-2H3. The van der Waals surface area contributed by atoms with Gasteiger partial charge in [-0.3, -0.25) is 0 Å². The number of anilines is 10. The van der Waals surface area contributed by atoms with Crippen molar-refractivity contribution in [2.45, 2.75) is 196 Å². The lowest BCUT2D eigenvalue weighted by molar-refractivity contribution is 0.660. The molecule has 0 radical (unpaired) electrons. The predicted octanol–water partition coefficient (Wildman–Crippen LogP) is 41.5. The third-order valence-electron chi connectivity index (χ3n) is 27.4. The zero-order valence-electron chi connectivity index (χ0n) is 91.7. The molecule has 0 bridgehead atoms. The van der Waals surface area contributed by atoms with Gasteiger partial charge in [-0.25, -0.2) is 0 Å². The van der Waals surface area contributed by atoms with Crippen LogP contribution in [0.1, 0.15) is 269 Å². The van der Waals surface area contributed by atoms with Gasteiger partial charge in [0.25, 0.3) is 0 Å². The summed E-state index contributed by atoms with van der Waals surface area (Å²) in [6.07, 6.45) is 22.5. The van der Waals surface area contributed by atoms with Crippen molar-refractivity contribution in [3.63, 3.8) is 0 Å². The summed E-state index contributed by atoms with van der Waals surface area (Å²) >= 11 is 0.